The van der Waals surface area contributed by atoms with E-state index in [2.05, 4.69) is 27.9 Å². The van der Waals surface area contributed by atoms with Crippen molar-refractivity contribution in [3.05, 3.63) is 5.69 Å². The molecule has 9 heteroatoms. The number of aromatic amines is 1. The lowest BCUT2D eigenvalue weighted by molar-refractivity contribution is -0.128. The van der Waals surface area contributed by atoms with Gasteiger partial charge in [0.15, 0.2) is 23.0 Å². The average Bonchev–Trinajstić information content (AvgIpc) is 2.68. The van der Waals surface area contributed by atoms with Crippen LogP contribution in [0.2, 0.25) is 0 Å². The van der Waals surface area contributed by atoms with Crippen molar-refractivity contribution in [1.29, 1.82) is 0 Å². The highest BCUT2D eigenvalue weighted by Gasteiger charge is 2.23. The van der Waals surface area contributed by atoms with Gasteiger partial charge in [-0.15, -0.1) is 12.6 Å². The van der Waals surface area contributed by atoms with Crippen LogP contribution in [0.1, 0.15) is 17.4 Å². The fourth-order valence-electron chi connectivity index (χ4n) is 1.14. The van der Waals surface area contributed by atoms with Crippen LogP contribution >= 0.6 is 12.6 Å². The van der Waals surface area contributed by atoms with Crippen molar-refractivity contribution in [3.8, 4) is 0 Å². The number of imidazole rings is 1. The summed E-state index contributed by atoms with van der Waals surface area (Å²) < 4.78 is 0. The number of aldehydes is 1. The first kappa shape index (κ1) is 16.1. The van der Waals surface area contributed by atoms with Crippen LogP contribution < -0.4 is 16.4 Å². The number of H-pyrrole nitrogens is 1. The van der Waals surface area contributed by atoms with Crippen LogP contribution in [0.25, 0.3) is 0 Å². The molecule has 0 bridgehead atoms. The smallest absolute Gasteiger partial charge is 0.273 e. The second-order valence-corrected chi connectivity index (χ2v) is 3.77. The topological polar surface area (TPSA) is 130 Å². The number of hydrogen-bond donors (Lipinski definition) is 4. The Kier molecular flexibility index (Phi) is 6.06. The molecule has 1 amide bonds. The van der Waals surface area contributed by atoms with Gasteiger partial charge >= 0.3 is 0 Å². The number of amides is 1. The van der Waals surface area contributed by atoms with Gasteiger partial charge in [-0.3, -0.25) is 14.4 Å². The Balaban J connectivity index is 0.000000421. The fourth-order valence-corrected chi connectivity index (χ4v) is 1.35. The molecule has 0 unspecified atom stereocenters. The summed E-state index contributed by atoms with van der Waals surface area (Å²) in [6.45, 7) is 1.71. The van der Waals surface area contributed by atoms with E-state index < -0.39 is 5.78 Å². The zero-order valence-electron chi connectivity index (χ0n) is 10.1. The molecule has 1 aliphatic rings. The van der Waals surface area contributed by atoms with E-state index in [-0.39, 0.29) is 18.3 Å². The maximum atomic E-state index is 11.2. The summed E-state index contributed by atoms with van der Waals surface area (Å²) in [6.07, 6.45) is 0.278. The highest BCUT2D eigenvalue weighted by atomic mass is 32.1. The number of aromatic nitrogens is 2. The SMILES string of the molecule is CC(=O)C=O.CN1CNC(=O)c2[nH]c(S)nc21.N. The van der Waals surface area contributed by atoms with Crippen molar-refractivity contribution < 1.29 is 14.4 Å². The second kappa shape index (κ2) is 6.77. The highest BCUT2D eigenvalue weighted by Crippen LogP contribution is 2.20. The molecule has 0 saturated carbocycles. The van der Waals surface area contributed by atoms with E-state index in [0.29, 0.717) is 23.3 Å². The van der Waals surface area contributed by atoms with Crippen LogP contribution in [0.15, 0.2) is 5.16 Å². The third kappa shape index (κ3) is 3.86. The number of fused-ring (bicyclic) bond motifs is 1. The molecule has 5 N–H and O–H groups in total. The van der Waals surface area contributed by atoms with E-state index in [4.69, 9.17) is 4.79 Å². The first-order valence-electron chi connectivity index (χ1n) is 4.69. The van der Waals surface area contributed by atoms with Crippen molar-refractivity contribution in [2.45, 2.75) is 12.1 Å². The van der Waals surface area contributed by atoms with Crippen molar-refractivity contribution in [2.24, 2.45) is 0 Å². The molecule has 2 heterocycles. The first-order chi connectivity index (χ1) is 7.95. The standard InChI is InChI=1S/C6H8N4OS.C3H4O2.H3N/c1-10-2-7-5(11)3-4(10)9-6(12)8-3;1-3(5)2-4;/h2H2,1H3,(H,7,11)(H2,8,9,12);2H,1H3;1H3. The minimum absolute atomic E-state index is 0. The van der Waals surface area contributed by atoms with E-state index in [1.54, 1.807) is 0 Å². The molecule has 2 rings (SSSR count). The van der Waals surface area contributed by atoms with Crippen LogP contribution in [0, 0.1) is 0 Å². The number of nitrogens with zero attached hydrogens (tertiary/aromatic N) is 2. The van der Waals surface area contributed by atoms with Gasteiger partial charge in [0.1, 0.15) is 5.69 Å². The van der Waals surface area contributed by atoms with E-state index in [1.807, 2.05) is 11.9 Å². The number of anilines is 1. The summed E-state index contributed by atoms with van der Waals surface area (Å²) in [4.78, 5) is 38.5. The zero-order valence-corrected chi connectivity index (χ0v) is 11.0. The van der Waals surface area contributed by atoms with Gasteiger partial charge in [0.05, 0.1) is 6.67 Å². The summed E-state index contributed by atoms with van der Waals surface area (Å²) in [5.74, 6) is 0.102. The maximum absolute atomic E-state index is 11.2. The number of hydrogen-bond acceptors (Lipinski definition) is 7. The zero-order chi connectivity index (χ0) is 13.0. The van der Waals surface area contributed by atoms with Gasteiger partial charge < -0.3 is 21.4 Å². The van der Waals surface area contributed by atoms with Gasteiger partial charge in [-0.2, -0.15) is 0 Å². The predicted octanol–water partition coefficient (Wildman–Crippen LogP) is -0.228. The molecule has 0 atom stereocenters. The van der Waals surface area contributed by atoms with Crippen molar-refractivity contribution in [1.82, 2.24) is 21.4 Å². The Morgan fingerprint density at radius 1 is 1.56 bits per heavy atom. The van der Waals surface area contributed by atoms with E-state index in [0.717, 1.165) is 0 Å². The van der Waals surface area contributed by atoms with E-state index in [1.165, 1.54) is 6.92 Å². The monoisotopic (exact) mass is 273 g/mol. The van der Waals surface area contributed by atoms with Gasteiger partial charge in [-0.05, 0) is 0 Å². The average molecular weight is 273 g/mol. The molecule has 0 fully saturated rings. The molecular formula is C9H15N5O3S. The molecule has 8 nitrogen and oxygen atoms in total. The highest BCUT2D eigenvalue weighted by molar-refractivity contribution is 7.80. The molecule has 0 saturated heterocycles. The number of ketones is 1. The molecule has 0 radical (unpaired) electrons. The van der Waals surface area contributed by atoms with Crippen LogP contribution in [-0.2, 0) is 9.59 Å². The quantitative estimate of drug-likeness (QED) is 0.318. The first-order valence-corrected chi connectivity index (χ1v) is 5.14. The number of thiol groups is 1. The van der Waals surface area contributed by atoms with Crippen molar-refractivity contribution in [3.63, 3.8) is 0 Å². The molecule has 0 aromatic carbocycles. The van der Waals surface area contributed by atoms with Gasteiger partial charge in [-0.1, -0.05) is 0 Å². The Hall–Kier alpha value is -1.87. The number of nitrogens with one attached hydrogen (secondary N) is 2. The number of carbonyl (C=O) groups excluding carboxylic acids is 3. The Morgan fingerprint density at radius 3 is 2.56 bits per heavy atom. The molecule has 1 aromatic rings. The summed E-state index contributed by atoms with van der Waals surface area (Å²) in [6, 6.07) is 0. The maximum Gasteiger partial charge on any atom is 0.273 e. The minimum atomic E-state index is -0.426. The third-order valence-corrected chi connectivity index (χ3v) is 2.12. The Labute approximate surface area is 109 Å². The van der Waals surface area contributed by atoms with E-state index in [9.17, 15) is 9.59 Å². The van der Waals surface area contributed by atoms with E-state index >= 15 is 0 Å². The van der Waals surface area contributed by atoms with Gasteiger partial charge in [0.25, 0.3) is 5.91 Å². The van der Waals surface area contributed by atoms with Crippen LogP contribution in [0.4, 0.5) is 5.82 Å². The fraction of sp³-hybridized carbons (Fsp3) is 0.333. The lowest BCUT2D eigenvalue weighted by atomic mass is 10.3. The van der Waals surface area contributed by atoms with Gasteiger partial charge in [-0.25, -0.2) is 4.98 Å². The molecule has 1 aromatic heterocycles. The largest absolute Gasteiger partial charge is 0.344 e. The molecule has 0 spiro atoms. The Morgan fingerprint density at radius 2 is 2.11 bits per heavy atom. The molecule has 100 valence electrons. The molecule has 18 heavy (non-hydrogen) atoms. The molecular weight excluding hydrogens is 258 g/mol. The lowest BCUT2D eigenvalue weighted by Crippen LogP contribution is -2.41. The summed E-state index contributed by atoms with van der Waals surface area (Å²) in [5.41, 5.74) is 0.480. The minimum Gasteiger partial charge on any atom is -0.344 e. The van der Waals surface area contributed by atoms with Crippen molar-refractivity contribution in [2.75, 3.05) is 18.6 Å². The Bertz CT molecular complexity index is 459. The number of Topliss-reactive ketones (excluding diaryl/α,β-unsaturated/α-hetero) is 1. The van der Waals surface area contributed by atoms with Crippen molar-refractivity contribution >= 4 is 36.4 Å². The number of rotatable bonds is 1. The third-order valence-electron chi connectivity index (χ3n) is 1.90. The van der Waals surface area contributed by atoms with Gasteiger partial charge in [0, 0.05) is 14.0 Å². The second-order valence-electron chi connectivity index (χ2n) is 3.35. The normalized spacial score (nSPS) is 12.4. The summed E-state index contributed by atoms with van der Waals surface area (Å²) >= 11 is 4.02. The van der Waals surface area contributed by atoms with Crippen LogP contribution in [-0.4, -0.2) is 41.7 Å². The summed E-state index contributed by atoms with van der Waals surface area (Å²) in [7, 11) is 1.85. The predicted molar refractivity (Wildman–Crippen MR) is 68.3 cm³/mol. The molecule has 1 aliphatic heterocycles. The lowest BCUT2D eigenvalue weighted by Gasteiger charge is -2.22. The van der Waals surface area contributed by atoms with Crippen LogP contribution in [0.5, 0.6) is 0 Å². The number of carbonyl (C=O) groups is 3. The van der Waals surface area contributed by atoms with Crippen LogP contribution in [0.3, 0.4) is 0 Å². The summed E-state index contributed by atoms with van der Waals surface area (Å²) in [5, 5.41) is 3.15. The van der Waals surface area contributed by atoms with Gasteiger partial charge in [0.2, 0.25) is 0 Å². The molecule has 0 aliphatic carbocycles.